The van der Waals surface area contributed by atoms with Crippen LogP contribution in [0, 0.1) is 0 Å². The van der Waals surface area contributed by atoms with E-state index in [0.717, 1.165) is 25.1 Å². The Kier molecular flexibility index (Phi) is 4.61. The molecule has 0 radical (unpaired) electrons. The molecule has 0 aliphatic heterocycles. The minimum atomic E-state index is -0.0431. The van der Waals surface area contributed by atoms with E-state index < -0.39 is 0 Å². The van der Waals surface area contributed by atoms with Crippen LogP contribution in [0.15, 0.2) is 24.3 Å². The van der Waals surface area contributed by atoms with Crippen LogP contribution in [0.1, 0.15) is 38.2 Å². The predicted molar refractivity (Wildman–Crippen MR) is 72.7 cm³/mol. The Morgan fingerprint density at radius 3 is 2.44 bits per heavy atom. The van der Waals surface area contributed by atoms with E-state index in [0.29, 0.717) is 6.61 Å². The molecule has 1 saturated carbocycles. The zero-order valence-electron chi connectivity index (χ0n) is 11.1. The topological polar surface area (TPSA) is 41.5 Å². The van der Waals surface area contributed by atoms with E-state index in [9.17, 15) is 5.11 Å². The molecule has 1 aliphatic rings. The van der Waals surface area contributed by atoms with Crippen LogP contribution >= 0.6 is 0 Å². The summed E-state index contributed by atoms with van der Waals surface area (Å²) in [6.07, 6.45) is 4.61. The standard InChI is InChI=1S/C15H23NO2/c1-2-18-14-7-5-13(6-8-14)11-16-15(12-17)9-3-4-10-15/h5-8,16-17H,2-4,9-12H2,1H3. The van der Waals surface area contributed by atoms with Crippen molar-refractivity contribution < 1.29 is 9.84 Å². The maximum Gasteiger partial charge on any atom is 0.119 e. The first-order valence-corrected chi connectivity index (χ1v) is 6.86. The second-order valence-corrected chi connectivity index (χ2v) is 5.08. The largest absolute Gasteiger partial charge is 0.494 e. The first-order valence-electron chi connectivity index (χ1n) is 6.86. The smallest absolute Gasteiger partial charge is 0.119 e. The van der Waals surface area contributed by atoms with E-state index in [4.69, 9.17) is 4.74 Å². The fraction of sp³-hybridized carbons (Fsp3) is 0.600. The van der Waals surface area contributed by atoms with Crippen LogP contribution < -0.4 is 10.1 Å². The molecule has 0 heterocycles. The second-order valence-electron chi connectivity index (χ2n) is 5.08. The number of rotatable bonds is 6. The van der Waals surface area contributed by atoms with Crippen LogP contribution in [0.5, 0.6) is 5.75 Å². The van der Waals surface area contributed by atoms with Crippen LogP contribution in [0.4, 0.5) is 0 Å². The second kappa shape index (κ2) is 6.21. The monoisotopic (exact) mass is 249 g/mol. The summed E-state index contributed by atoms with van der Waals surface area (Å²) in [7, 11) is 0. The molecule has 0 atom stereocenters. The molecule has 1 fully saturated rings. The van der Waals surface area contributed by atoms with Crippen LogP contribution in [-0.4, -0.2) is 23.9 Å². The molecular formula is C15H23NO2. The van der Waals surface area contributed by atoms with Gasteiger partial charge in [-0.3, -0.25) is 0 Å². The molecule has 0 unspecified atom stereocenters. The number of hydrogen-bond donors (Lipinski definition) is 2. The fourth-order valence-corrected chi connectivity index (χ4v) is 2.60. The number of nitrogens with one attached hydrogen (secondary N) is 1. The van der Waals surface area contributed by atoms with Crippen LogP contribution in [0.25, 0.3) is 0 Å². The van der Waals surface area contributed by atoms with Crippen molar-refractivity contribution in [2.45, 2.75) is 44.7 Å². The minimum Gasteiger partial charge on any atom is -0.494 e. The van der Waals surface area contributed by atoms with Gasteiger partial charge in [-0.1, -0.05) is 25.0 Å². The summed E-state index contributed by atoms with van der Waals surface area (Å²) in [5, 5.41) is 13.0. The van der Waals surface area contributed by atoms with Gasteiger partial charge in [-0.2, -0.15) is 0 Å². The Morgan fingerprint density at radius 2 is 1.89 bits per heavy atom. The normalized spacial score (nSPS) is 17.9. The van der Waals surface area contributed by atoms with Crippen molar-refractivity contribution in [2.24, 2.45) is 0 Å². The van der Waals surface area contributed by atoms with E-state index in [-0.39, 0.29) is 12.1 Å². The summed E-state index contributed by atoms with van der Waals surface area (Å²) in [5.74, 6) is 0.916. The molecule has 0 saturated heterocycles. The molecule has 3 heteroatoms. The molecule has 1 aromatic carbocycles. The number of ether oxygens (including phenoxy) is 1. The molecule has 2 N–H and O–H groups in total. The molecule has 0 amide bonds. The molecular weight excluding hydrogens is 226 g/mol. The van der Waals surface area contributed by atoms with E-state index in [1.54, 1.807) is 0 Å². The average molecular weight is 249 g/mol. The van der Waals surface area contributed by atoms with Crippen LogP contribution in [0.2, 0.25) is 0 Å². The summed E-state index contributed by atoms with van der Waals surface area (Å²) < 4.78 is 5.42. The Balaban J connectivity index is 1.89. The third kappa shape index (κ3) is 3.24. The number of aliphatic hydroxyl groups is 1. The summed E-state index contributed by atoms with van der Waals surface area (Å²) in [6, 6.07) is 8.16. The fourth-order valence-electron chi connectivity index (χ4n) is 2.60. The van der Waals surface area contributed by atoms with Gasteiger partial charge in [0.2, 0.25) is 0 Å². The summed E-state index contributed by atoms with van der Waals surface area (Å²) in [5.41, 5.74) is 1.19. The van der Waals surface area contributed by atoms with Gasteiger partial charge in [-0.05, 0) is 37.5 Å². The first-order chi connectivity index (χ1) is 8.78. The van der Waals surface area contributed by atoms with E-state index in [2.05, 4.69) is 17.4 Å². The third-order valence-corrected chi connectivity index (χ3v) is 3.77. The van der Waals surface area contributed by atoms with Gasteiger partial charge in [-0.15, -0.1) is 0 Å². The Hall–Kier alpha value is -1.06. The Bertz CT molecular complexity index is 355. The van der Waals surface area contributed by atoms with Gasteiger partial charge in [0.1, 0.15) is 5.75 Å². The molecule has 0 bridgehead atoms. The predicted octanol–water partition coefficient (Wildman–Crippen LogP) is 2.48. The molecule has 3 nitrogen and oxygen atoms in total. The van der Waals surface area contributed by atoms with E-state index >= 15 is 0 Å². The van der Waals surface area contributed by atoms with Gasteiger partial charge in [0.25, 0.3) is 0 Å². The molecule has 1 aromatic rings. The Labute approximate surface area is 109 Å². The van der Waals surface area contributed by atoms with Crippen molar-refractivity contribution in [3.8, 4) is 5.75 Å². The van der Waals surface area contributed by atoms with Crippen molar-refractivity contribution in [1.82, 2.24) is 5.32 Å². The highest BCUT2D eigenvalue weighted by molar-refractivity contribution is 5.27. The van der Waals surface area contributed by atoms with E-state index in [1.165, 1.54) is 18.4 Å². The lowest BCUT2D eigenvalue weighted by Crippen LogP contribution is -2.45. The van der Waals surface area contributed by atoms with Gasteiger partial charge in [0.15, 0.2) is 0 Å². The molecule has 2 rings (SSSR count). The van der Waals surface area contributed by atoms with E-state index in [1.807, 2.05) is 19.1 Å². The first kappa shape index (κ1) is 13.4. The van der Waals surface area contributed by atoms with Crippen LogP contribution in [-0.2, 0) is 6.54 Å². The SMILES string of the molecule is CCOc1ccc(CNC2(CO)CCCC2)cc1. The van der Waals surface area contributed by atoms with Gasteiger partial charge in [-0.25, -0.2) is 0 Å². The van der Waals surface area contributed by atoms with Gasteiger partial charge in [0.05, 0.1) is 13.2 Å². The van der Waals surface area contributed by atoms with Crippen LogP contribution in [0.3, 0.4) is 0 Å². The summed E-state index contributed by atoms with van der Waals surface area (Å²) in [6.45, 7) is 3.74. The number of benzene rings is 1. The van der Waals surface area contributed by atoms with Crippen molar-refractivity contribution >= 4 is 0 Å². The van der Waals surface area contributed by atoms with Gasteiger partial charge < -0.3 is 15.2 Å². The highest BCUT2D eigenvalue weighted by Crippen LogP contribution is 2.29. The average Bonchev–Trinajstić information content (AvgIpc) is 2.88. The van der Waals surface area contributed by atoms with Crippen molar-refractivity contribution in [1.29, 1.82) is 0 Å². The van der Waals surface area contributed by atoms with Crippen molar-refractivity contribution in [2.75, 3.05) is 13.2 Å². The summed E-state index contributed by atoms with van der Waals surface area (Å²) >= 11 is 0. The van der Waals surface area contributed by atoms with Gasteiger partial charge in [0, 0.05) is 12.1 Å². The maximum absolute atomic E-state index is 9.53. The zero-order valence-corrected chi connectivity index (χ0v) is 11.1. The highest BCUT2D eigenvalue weighted by Gasteiger charge is 2.32. The maximum atomic E-state index is 9.53. The third-order valence-electron chi connectivity index (χ3n) is 3.77. The number of aliphatic hydroxyl groups excluding tert-OH is 1. The lowest BCUT2D eigenvalue weighted by Gasteiger charge is -2.28. The quantitative estimate of drug-likeness (QED) is 0.814. The minimum absolute atomic E-state index is 0.0431. The Morgan fingerprint density at radius 1 is 1.22 bits per heavy atom. The molecule has 18 heavy (non-hydrogen) atoms. The molecule has 0 spiro atoms. The van der Waals surface area contributed by atoms with Crippen molar-refractivity contribution in [3.05, 3.63) is 29.8 Å². The lowest BCUT2D eigenvalue weighted by molar-refractivity contribution is 0.163. The lowest BCUT2D eigenvalue weighted by atomic mass is 9.98. The molecule has 100 valence electrons. The number of hydrogen-bond acceptors (Lipinski definition) is 3. The van der Waals surface area contributed by atoms with Gasteiger partial charge >= 0.3 is 0 Å². The zero-order chi connectivity index (χ0) is 12.8. The summed E-state index contributed by atoms with van der Waals surface area (Å²) in [4.78, 5) is 0. The van der Waals surface area contributed by atoms with Crippen molar-refractivity contribution in [3.63, 3.8) is 0 Å². The highest BCUT2D eigenvalue weighted by atomic mass is 16.5. The molecule has 0 aromatic heterocycles. The molecule has 1 aliphatic carbocycles.